The molecular weight excluding hydrogens is 236 g/mol. The third kappa shape index (κ3) is 5.88. The summed E-state index contributed by atoms with van der Waals surface area (Å²) >= 11 is 0. The molecule has 0 radical (unpaired) electrons. The second-order valence-electron chi connectivity index (χ2n) is 5.34. The van der Waals surface area contributed by atoms with Crippen LogP contribution in [0.5, 0.6) is 0 Å². The lowest BCUT2D eigenvalue weighted by molar-refractivity contribution is 0.0952. The molecule has 0 aliphatic heterocycles. The zero-order valence-electron chi connectivity index (χ0n) is 12.1. The molecule has 0 aliphatic rings. The molecule has 0 unspecified atom stereocenters. The van der Waals surface area contributed by atoms with Gasteiger partial charge in [0.1, 0.15) is 0 Å². The Morgan fingerprint density at radius 2 is 2.00 bits per heavy atom. The minimum absolute atomic E-state index is 0.0218. The van der Waals surface area contributed by atoms with Gasteiger partial charge in [0.25, 0.3) is 5.91 Å². The largest absolute Gasteiger partial charge is 0.352 e. The number of carbonyl (C=O) groups is 1. The Hall–Kier alpha value is -1.35. The summed E-state index contributed by atoms with van der Waals surface area (Å²) in [5, 5.41) is 2.99. The van der Waals surface area contributed by atoms with Gasteiger partial charge in [-0.2, -0.15) is 0 Å². The zero-order chi connectivity index (χ0) is 14.1. The fourth-order valence-corrected chi connectivity index (χ4v) is 2.09. The molecule has 0 aliphatic carbocycles. The van der Waals surface area contributed by atoms with Gasteiger partial charge in [0, 0.05) is 12.1 Å². The Kier molecular flexibility index (Phi) is 7.19. The number of nitrogens with two attached hydrogens (primary N) is 1. The zero-order valence-corrected chi connectivity index (χ0v) is 12.1. The summed E-state index contributed by atoms with van der Waals surface area (Å²) in [6.07, 6.45) is 4.18. The smallest absolute Gasteiger partial charge is 0.251 e. The molecule has 3 heteroatoms. The summed E-state index contributed by atoms with van der Waals surface area (Å²) in [6, 6.07) is 7.69. The lowest BCUT2D eigenvalue weighted by Gasteiger charge is -2.10. The molecular formula is C16H26N2O. The second-order valence-corrected chi connectivity index (χ2v) is 5.34. The van der Waals surface area contributed by atoms with Gasteiger partial charge in [-0.05, 0) is 36.9 Å². The van der Waals surface area contributed by atoms with Gasteiger partial charge in [-0.3, -0.25) is 4.79 Å². The van der Waals surface area contributed by atoms with E-state index in [9.17, 15) is 4.79 Å². The fraction of sp³-hybridized carbons (Fsp3) is 0.562. The first-order valence-corrected chi connectivity index (χ1v) is 7.21. The average molecular weight is 262 g/mol. The molecule has 0 heterocycles. The standard InChI is InChI=1S/C16H26N2O/c1-13(2)7-5-6-12-18-16(19)15-9-4-3-8-14(15)10-11-17/h3-4,8-9,13H,5-7,10-12,17H2,1-2H3,(H,18,19). The molecule has 0 atom stereocenters. The van der Waals surface area contributed by atoms with Gasteiger partial charge in [-0.15, -0.1) is 0 Å². The molecule has 0 aromatic heterocycles. The molecule has 1 aromatic carbocycles. The van der Waals surface area contributed by atoms with Crippen molar-refractivity contribution < 1.29 is 4.79 Å². The normalized spacial score (nSPS) is 10.7. The van der Waals surface area contributed by atoms with E-state index >= 15 is 0 Å². The van der Waals surface area contributed by atoms with E-state index in [0.29, 0.717) is 6.54 Å². The molecule has 106 valence electrons. The molecule has 1 rings (SSSR count). The van der Waals surface area contributed by atoms with Crippen molar-refractivity contribution in [1.82, 2.24) is 5.32 Å². The minimum Gasteiger partial charge on any atom is -0.352 e. The van der Waals surface area contributed by atoms with E-state index in [2.05, 4.69) is 19.2 Å². The van der Waals surface area contributed by atoms with E-state index in [1.165, 1.54) is 12.8 Å². The molecule has 0 spiro atoms. The molecule has 1 amide bonds. The Labute approximate surface area is 116 Å². The summed E-state index contributed by atoms with van der Waals surface area (Å²) in [5.41, 5.74) is 7.36. The van der Waals surface area contributed by atoms with Crippen molar-refractivity contribution in [3.63, 3.8) is 0 Å². The van der Waals surface area contributed by atoms with Crippen LogP contribution in [0.1, 0.15) is 49.0 Å². The topological polar surface area (TPSA) is 55.1 Å². The SMILES string of the molecule is CC(C)CCCCNC(=O)c1ccccc1CCN. The van der Waals surface area contributed by atoms with E-state index < -0.39 is 0 Å². The number of amides is 1. The van der Waals surface area contributed by atoms with Gasteiger partial charge in [0.15, 0.2) is 0 Å². The van der Waals surface area contributed by atoms with Crippen molar-refractivity contribution in [3.05, 3.63) is 35.4 Å². The minimum atomic E-state index is 0.0218. The number of nitrogens with one attached hydrogen (secondary N) is 1. The predicted molar refractivity (Wildman–Crippen MR) is 80.2 cm³/mol. The summed E-state index contributed by atoms with van der Waals surface area (Å²) in [5.74, 6) is 0.759. The first kappa shape index (κ1) is 15.7. The van der Waals surface area contributed by atoms with Crippen LogP contribution in [0.25, 0.3) is 0 Å². The molecule has 1 aromatic rings. The molecule has 3 N–H and O–H groups in total. The van der Waals surface area contributed by atoms with Crippen LogP contribution >= 0.6 is 0 Å². The molecule has 0 fully saturated rings. The lowest BCUT2D eigenvalue weighted by Crippen LogP contribution is -2.26. The average Bonchev–Trinajstić information content (AvgIpc) is 2.39. The van der Waals surface area contributed by atoms with Crippen LogP contribution in [0, 0.1) is 5.92 Å². The Morgan fingerprint density at radius 1 is 1.26 bits per heavy atom. The van der Waals surface area contributed by atoms with Crippen LogP contribution in [0.3, 0.4) is 0 Å². The summed E-state index contributed by atoms with van der Waals surface area (Å²) in [7, 11) is 0. The van der Waals surface area contributed by atoms with E-state index in [-0.39, 0.29) is 5.91 Å². The van der Waals surface area contributed by atoms with Gasteiger partial charge >= 0.3 is 0 Å². The highest BCUT2D eigenvalue weighted by molar-refractivity contribution is 5.95. The van der Waals surface area contributed by atoms with E-state index in [0.717, 1.165) is 36.4 Å². The quantitative estimate of drug-likeness (QED) is 0.708. The molecule has 3 nitrogen and oxygen atoms in total. The number of unbranched alkanes of at least 4 members (excludes halogenated alkanes) is 1. The maximum absolute atomic E-state index is 12.1. The number of rotatable bonds is 8. The number of benzene rings is 1. The van der Waals surface area contributed by atoms with E-state index in [1.807, 2.05) is 24.3 Å². The highest BCUT2D eigenvalue weighted by Gasteiger charge is 2.09. The van der Waals surface area contributed by atoms with Gasteiger partial charge < -0.3 is 11.1 Å². The molecule has 0 bridgehead atoms. The molecule has 0 saturated carbocycles. The first-order valence-electron chi connectivity index (χ1n) is 7.21. The Bertz CT molecular complexity index is 388. The summed E-state index contributed by atoms with van der Waals surface area (Å²) in [6.45, 7) is 5.77. The van der Waals surface area contributed by atoms with Crippen molar-refractivity contribution in [2.24, 2.45) is 11.7 Å². The van der Waals surface area contributed by atoms with E-state index in [4.69, 9.17) is 5.73 Å². The second kappa shape index (κ2) is 8.70. The first-order chi connectivity index (χ1) is 9.15. The molecule has 0 saturated heterocycles. The Balaban J connectivity index is 2.41. The van der Waals surface area contributed by atoms with Crippen molar-refractivity contribution >= 4 is 5.91 Å². The highest BCUT2D eigenvalue weighted by Crippen LogP contribution is 2.09. The number of carbonyl (C=O) groups excluding carboxylic acids is 1. The summed E-state index contributed by atoms with van der Waals surface area (Å²) < 4.78 is 0. The maximum Gasteiger partial charge on any atom is 0.251 e. The van der Waals surface area contributed by atoms with Crippen molar-refractivity contribution in [2.45, 2.75) is 39.5 Å². The van der Waals surface area contributed by atoms with E-state index in [1.54, 1.807) is 0 Å². The van der Waals surface area contributed by atoms with Crippen molar-refractivity contribution in [2.75, 3.05) is 13.1 Å². The van der Waals surface area contributed by atoms with Crippen LogP contribution in [0.4, 0.5) is 0 Å². The van der Waals surface area contributed by atoms with Crippen LogP contribution in [-0.4, -0.2) is 19.0 Å². The Morgan fingerprint density at radius 3 is 2.68 bits per heavy atom. The lowest BCUT2D eigenvalue weighted by atomic mass is 10.0. The van der Waals surface area contributed by atoms with Crippen LogP contribution < -0.4 is 11.1 Å². The van der Waals surface area contributed by atoms with Crippen LogP contribution in [0.2, 0.25) is 0 Å². The molecule has 19 heavy (non-hydrogen) atoms. The van der Waals surface area contributed by atoms with Crippen molar-refractivity contribution in [1.29, 1.82) is 0 Å². The number of hydrogen-bond donors (Lipinski definition) is 2. The maximum atomic E-state index is 12.1. The third-order valence-electron chi connectivity index (χ3n) is 3.17. The fourth-order valence-electron chi connectivity index (χ4n) is 2.09. The number of hydrogen-bond acceptors (Lipinski definition) is 2. The van der Waals surface area contributed by atoms with Gasteiger partial charge in [0.2, 0.25) is 0 Å². The van der Waals surface area contributed by atoms with Crippen molar-refractivity contribution in [3.8, 4) is 0 Å². The third-order valence-corrected chi connectivity index (χ3v) is 3.17. The van der Waals surface area contributed by atoms with Gasteiger partial charge in [-0.1, -0.05) is 44.9 Å². The van der Waals surface area contributed by atoms with Gasteiger partial charge in [-0.25, -0.2) is 0 Å². The van der Waals surface area contributed by atoms with Crippen LogP contribution in [-0.2, 0) is 6.42 Å². The predicted octanol–water partition coefficient (Wildman–Crippen LogP) is 2.74. The summed E-state index contributed by atoms with van der Waals surface area (Å²) in [4.78, 5) is 12.1. The van der Waals surface area contributed by atoms with Crippen LogP contribution in [0.15, 0.2) is 24.3 Å². The highest BCUT2D eigenvalue weighted by atomic mass is 16.1. The van der Waals surface area contributed by atoms with Gasteiger partial charge in [0.05, 0.1) is 0 Å². The monoisotopic (exact) mass is 262 g/mol.